The molecule has 66 valence electrons. The zero-order chi connectivity index (χ0) is 8.97. The first kappa shape index (κ1) is 9.75. The van der Waals surface area contributed by atoms with Gasteiger partial charge in [0, 0.05) is 11.8 Å². The van der Waals surface area contributed by atoms with Crippen LogP contribution in [-0.4, -0.2) is 15.0 Å². The van der Waals surface area contributed by atoms with Crippen LogP contribution >= 0.6 is 11.6 Å². The Hall–Kier alpha value is -0.340. The Balaban J connectivity index is 2.81. The minimum atomic E-state index is 0.244. The molecule has 1 nitrogen and oxygen atoms in total. The molecule has 1 aliphatic rings. The quantitative estimate of drug-likeness (QED) is 0.495. The van der Waals surface area contributed by atoms with Crippen LogP contribution in [0.2, 0.25) is 0 Å². The summed E-state index contributed by atoms with van der Waals surface area (Å²) in [6.45, 7) is 1.99. The van der Waals surface area contributed by atoms with Crippen molar-refractivity contribution in [2.24, 2.45) is 5.92 Å². The number of hydrogen-bond donors (Lipinski definition) is 0. The van der Waals surface area contributed by atoms with Gasteiger partial charge in [0.15, 0.2) is 0 Å². The Kier molecular flexibility index (Phi) is 3.76. The van der Waals surface area contributed by atoms with E-state index >= 15 is 0 Å². The summed E-state index contributed by atoms with van der Waals surface area (Å²) in [5.41, 5.74) is 1.14. The SMILES string of the molecule is CC1=CC(=S=O)C(CCCl)C=C1. The smallest absolute Gasteiger partial charge is 0.0926 e. The molecule has 0 aliphatic heterocycles. The van der Waals surface area contributed by atoms with Crippen LogP contribution in [0.4, 0.5) is 0 Å². The van der Waals surface area contributed by atoms with Crippen molar-refractivity contribution in [3.63, 3.8) is 0 Å². The van der Waals surface area contributed by atoms with Crippen LogP contribution < -0.4 is 0 Å². The van der Waals surface area contributed by atoms with E-state index in [-0.39, 0.29) is 5.92 Å². The van der Waals surface area contributed by atoms with Gasteiger partial charge in [-0.1, -0.05) is 17.7 Å². The highest BCUT2D eigenvalue weighted by atomic mass is 35.5. The van der Waals surface area contributed by atoms with Gasteiger partial charge in [-0.3, -0.25) is 0 Å². The van der Waals surface area contributed by atoms with Crippen LogP contribution in [0.5, 0.6) is 0 Å². The molecule has 0 aromatic carbocycles. The molecule has 1 unspecified atom stereocenters. The van der Waals surface area contributed by atoms with Gasteiger partial charge in [-0.15, -0.1) is 11.6 Å². The fourth-order valence-electron chi connectivity index (χ4n) is 1.18. The second-order valence-corrected chi connectivity index (χ2v) is 3.83. The summed E-state index contributed by atoms with van der Waals surface area (Å²) in [6.07, 6.45) is 6.89. The van der Waals surface area contributed by atoms with Crippen LogP contribution in [-0.2, 0) is 11.3 Å². The second-order valence-electron chi connectivity index (χ2n) is 2.82. The molecule has 0 bridgehead atoms. The van der Waals surface area contributed by atoms with Gasteiger partial charge >= 0.3 is 0 Å². The van der Waals surface area contributed by atoms with Gasteiger partial charge in [-0.2, -0.15) is 0 Å². The lowest BCUT2D eigenvalue weighted by molar-refractivity contribution is 0.700. The van der Waals surface area contributed by atoms with Gasteiger partial charge in [0.25, 0.3) is 0 Å². The number of alkyl halides is 1. The van der Waals surface area contributed by atoms with E-state index in [1.807, 2.05) is 19.1 Å². The topological polar surface area (TPSA) is 17.1 Å². The van der Waals surface area contributed by atoms with Gasteiger partial charge in [0.2, 0.25) is 0 Å². The summed E-state index contributed by atoms with van der Waals surface area (Å²) >= 11 is 6.19. The van der Waals surface area contributed by atoms with Crippen LogP contribution in [0, 0.1) is 5.92 Å². The van der Waals surface area contributed by atoms with E-state index in [9.17, 15) is 4.21 Å². The van der Waals surface area contributed by atoms with Crippen molar-refractivity contribution >= 4 is 27.7 Å². The summed E-state index contributed by atoms with van der Waals surface area (Å²) in [7, 11) is 0. The maximum Gasteiger partial charge on any atom is 0.0926 e. The Bertz CT molecular complexity index is 274. The summed E-state index contributed by atoms with van der Waals surface area (Å²) in [5, 5.41) is 0. The molecule has 1 aliphatic carbocycles. The minimum absolute atomic E-state index is 0.244. The average Bonchev–Trinajstić information content (AvgIpc) is 2.08. The number of hydrogen-bond acceptors (Lipinski definition) is 1. The summed E-state index contributed by atoms with van der Waals surface area (Å²) in [4.78, 5) is 0.885. The summed E-state index contributed by atoms with van der Waals surface area (Å²) in [5.74, 6) is 0.847. The minimum Gasteiger partial charge on any atom is -0.212 e. The highest BCUT2D eigenvalue weighted by molar-refractivity contribution is 7.67. The fraction of sp³-hybridized carbons (Fsp3) is 0.444. The molecular formula is C9H11ClOS. The molecule has 0 fully saturated rings. The maximum atomic E-state index is 10.7. The highest BCUT2D eigenvalue weighted by Crippen LogP contribution is 2.16. The molecule has 0 aromatic heterocycles. The Morgan fingerprint density at radius 1 is 1.67 bits per heavy atom. The van der Waals surface area contributed by atoms with Gasteiger partial charge in [-0.25, -0.2) is 4.21 Å². The lowest BCUT2D eigenvalue weighted by Crippen LogP contribution is -2.13. The first-order valence-corrected chi connectivity index (χ1v) is 5.14. The van der Waals surface area contributed by atoms with Crippen molar-refractivity contribution in [2.75, 3.05) is 5.88 Å². The van der Waals surface area contributed by atoms with Crippen LogP contribution in [0.15, 0.2) is 23.8 Å². The molecule has 0 spiro atoms. The number of allylic oxidation sites excluding steroid dienone is 4. The zero-order valence-corrected chi connectivity index (χ0v) is 8.49. The Labute approximate surface area is 81.2 Å². The first-order chi connectivity index (χ1) is 5.77. The van der Waals surface area contributed by atoms with Gasteiger partial charge in [0.1, 0.15) is 0 Å². The van der Waals surface area contributed by atoms with E-state index in [0.717, 1.165) is 16.9 Å². The van der Waals surface area contributed by atoms with Gasteiger partial charge < -0.3 is 0 Å². The van der Waals surface area contributed by atoms with E-state index in [1.54, 1.807) is 0 Å². The molecule has 1 atom stereocenters. The van der Waals surface area contributed by atoms with Gasteiger partial charge in [0.05, 0.1) is 16.1 Å². The third kappa shape index (κ3) is 2.32. The summed E-state index contributed by atoms with van der Waals surface area (Å²) < 4.78 is 10.7. The molecule has 12 heavy (non-hydrogen) atoms. The van der Waals surface area contributed by atoms with Crippen molar-refractivity contribution in [2.45, 2.75) is 13.3 Å². The molecule has 1 rings (SSSR count). The molecule has 0 aromatic rings. The predicted octanol–water partition coefficient (Wildman–Crippen LogP) is 2.13. The van der Waals surface area contributed by atoms with Crippen LogP contribution in [0.25, 0.3) is 0 Å². The summed E-state index contributed by atoms with van der Waals surface area (Å²) in [6, 6.07) is 0. The van der Waals surface area contributed by atoms with Crippen LogP contribution in [0.1, 0.15) is 13.3 Å². The molecule has 0 heterocycles. The molecule has 0 saturated carbocycles. The van der Waals surface area contributed by atoms with E-state index < -0.39 is 0 Å². The Morgan fingerprint density at radius 2 is 2.42 bits per heavy atom. The molecule has 0 N–H and O–H groups in total. The zero-order valence-electron chi connectivity index (χ0n) is 6.92. The normalized spacial score (nSPS) is 22.3. The van der Waals surface area contributed by atoms with Crippen LogP contribution in [0.3, 0.4) is 0 Å². The first-order valence-electron chi connectivity index (χ1n) is 3.87. The lowest BCUT2D eigenvalue weighted by Gasteiger charge is -2.13. The molecule has 3 heteroatoms. The van der Waals surface area contributed by atoms with Crippen molar-refractivity contribution in [3.05, 3.63) is 23.8 Å². The molecule has 0 amide bonds. The number of rotatable bonds is 2. The molecular weight excluding hydrogens is 192 g/mol. The third-order valence-electron chi connectivity index (χ3n) is 1.84. The van der Waals surface area contributed by atoms with E-state index in [2.05, 4.69) is 6.08 Å². The van der Waals surface area contributed by atoms with E-state index in [4.69, 9.17) is 11.6 Å². The van der Waals surface area contributed by atoms with E-state index in [0.29, 0.717) is 17.1 Å². The van der Waals surface area contributed by atoms with Crippen molar-refractivity contribution in [3.8, 4) is 0 Å². The predicted molar refractivity (Wildman–Crippen MR) is 54.9 cm³/mol. The number of halogens is 1. The fourth-order valence-corrected chi connectivity index (χ4v) is 1.97. The van der Waals surface area contributed by atoms with E-state index in [1.165, 1.54) is 0 Å². The Morgan fingerprint density at radius 3 is 3.00 bits per heavy atom. The second kappa shape index (κ2) is 4.63. The largest absolute Gasteiger partial charge is 0.212 e. The van der Waals surface area contributed by atoms with Crippen molar-refractivity contribution in [1.29, 1.82) is 0 Å². The monoisotopic (exact) mass is 202 g/mol. The lowest BCUT2D eigenvalue weighted by atomic mass is 9.95. The average molecular weight is 203 g/mol. The third-order valence-corrected chi connectivity index (χ3v) is 2.67. The molecule has 0 radical (unpaired) electrons. The van der Waals surface area contributed by atoms with Crippen molar-refractivity contribution in [1.82, 2.24) is 0 Å². The maximum absolute atomic E-state index is 10.7. The highest BCUT2D eigenvalue weighted by Gasteiger charge is 2.12. The van der Waals surface area contributed by atoms with Gasteiger partial charge in [-0.05, 0) is 19.4 Å². The molecule has 0 saturated heterocycles. The standard InChI is InChI=1S/C9H11ClOS/c1-7-2-3-8(4-5-10)9(6-7)12-11/h2-3,6,8H,4-5H2,1H3. The van der Waals surface area contributed by atoms with Crippen molar-refractivity contribution < 1.29 is 4.21 Å².